The summed E-state index contributed by atoms with van der Waals surface area (Å²) in [5, 5.41) is 13.1. The van der Waals surface area contributed by atoms with Crippen LogP contribution in [0.3, 0.4) is 0 Å². The van der Waals surface area contributed by atoms with Gasteiger partial charge in [0.1, 0.15) is 0 Å². The molecule has 1 aromatic heterocycles. The Bertz CT molecular complexity index is 285. The van der Waals surface area contributed by atoms with Crippen LogP contribution in [-0.4, -0.2) is 22.2 Å². The van der Waals surface area contributed by atoms with Crippen LogP contribution in [0.15, 0.2) is 24.4 Å². The number of hydrogen-bond donors (Lipinski definition) is 2. The first kappa shape index (κ1) is 12.1. The Kier molecular flexibility index (Phi) is 4.24. The molecule has 0 spiro atoms. The lowest BCUT2D eigenvalue weighted by Gasteiger charge is -2.24. The minimum Gasteiger partial charge on any atom is -0.389 e. The van der Waals surface area contributed by atoms with E-state index in [9.17, 15) is 5.11 Å². The second-order valence-electron chi connectivity index (χ2n) is 4.21. The van der Waals surface area contributed by atoms with Gasteiger partial charge in [0.2, 0.25) is 0 Å². The van der Waals surface area contributed by atoms with Crippen molar-refractivity contribution in [2.24, 2.45) is 0 Å². The third-order valence-electron chi connectivity index (χ3n) is 2.68. The molecule has 0 aliphatic heterocycles. The maximum atomic E-state index is 9.84. The molecule has 0 bridgehead atoms. The molecule has 0 aliphatic rings. The van der Waals surface area contributed by atoms with Crippen molar-refractivity contribution < 1.29 is 5.11 Å². The van der Waals surface area contributed by atoms with Gasteiger partial charge in [-0.05, 0) is 32.4 Å². The molecule has 0 radical (unpaired) electrons. The highest BCUT2D eigenvalue weighted by molar-refractivity contribution is 5.07. The normalized spacial score (nSPS) is 17.1. The van der Waals surface area contributed by atoms with Crippen LogP contribution in [0.2, 0.25) is 0 Å². The molecule has 0 aliphatic carbocycles. The predicted octanol–water partition coefficient (Wildman–Crippen LogP) is 1.89. The van der Waals surface area contributed by atoms with Gasteiger partial charge in [-0.1, -0.05) is 13.0 Å². The van der Waals surface area contributed by atoms with Crippen molar-refractivity contribution in [2.45, 2.75) is 38.8 Å². The second-order valence-corrected chi connectivity index (χ2v) is 4.21. The van der Waals surface area contributed by atoms with E-state index in [-0.39, 0.29) is 6.04 Å². The SMILES string of the molecule is CCC(C)(O)CN[C@H](C)c1ccccn1. The van der Waals surface area contributed by atoms with Crippen LogP contribution in [0.4, 0.5) is 0 Å². The van der Waals surface area contributed by atoms with Gasteiger partial charge in [0.05, 0.1) is 11.3 Å². The summed E-state index contributed by atoms with van der Waals surface area (Å²) in [5.41, 5.74) is 0.368. The summed E-state index contributed by atoms with van der Waals surface area (Å²) >= 11 is 0. The average molecular weight is 208 g/mol. The fourth-order valence-corrected chi connectivity index (χ4v) is 1.23. The van der Waals surface area contributed by atoms with E-state index in [0.717, 1.165) is 12.1 Å². The maximum absolute atomic E-state index is 9.84. The van der Waals surface area contributed by atoms with E-state index < -0.39 is 5.60 Å². The quantitative estimate of drug-likeness (QED) is 0.776. The minimum absolute atomic E-state index is 0.171. The first-order chi connectivity index (χ1) is 7.05. The molecule has 2 N–H and O–H groups in total. The van der Waals surface area contributed by atoms with E-state index in [1.54, 1.807) is 6.20 Å². The Hall–Kier alpha value is -0.930. The zero-order valence-corrected chi connectivity index (χ0v) is 9.70. The van der Waals surface area contributed by atoms with Crippen LogP contribution in [0.5, 0.6) is 0 Å². The molecule has 1 heterocycles. The molecule has 0 fully saturated rings. The highest BCUT2D eigenvalue weighted by Gasteiger charge is 2.18. The van der Waals surface area contributed by atoms with E-state index in [0.29, 0.717) is 6.54 Å². The number of rotatable bonds is 5. The third-order valence-corrected chi connectivity index (χ3v) is 2.68. The van der Waals surface area contributed by atoms with Gasteiger partial charge >= 0.3 is 0 Å². The Morgan fingerprint density at radius 2 is 2.27 bits per heavy atom. The van der Waals surface area contributed by atoms with Gasteiger partial charge in [0.15, 0.2) is 0 Å². The van der Waals surface area contributed by atoms with Crippen LogP contribution in [-0.2, 0) is 0 Å². The smallest absolute Gasteiger partial charge is 0.0741 e. The lowest BCUT2D eigenvalue weighted by molar-refractivity contribution is 0.0532. The average Bonchev–Trinajstić information content (AvgIpc) is 2.27. The van der Waals surface area contributed by atoms with Crippen molar-refractivity contribution >= 4 is 0 Å². The third kappa shape index (κ3) is 3.98. The molecule has 84 valence electrons. The lowest BCUT2D eigenvalue weighted by Crippen LogP contribution is -2.38. The molecular weight excluding hydrogens is 188 g/mol. The molecule has 0 aromatic carbocycles. The topological polar surface area (TPSA) is 45.1 Å². The number of hydrogen-bond acceptors (Lipinski definition) is 3. The molecule has 3 heteroatoms. The predicted molar refractivity (Wildman–Crippen MR) is 61.6 cm³/mol. The van der Waals surface area contributed by atoms with Gasteiger partial charge in [0.25, 0.3) is 0 Å². The van der Waals surface area contributed by atoms with E-state index in [1.165, 1.54) is 0 Å². The van der Waals surface area contributed by atoms with Crippen molar-refractivity contribution in [2.75, 3.05) is 6.54 Å². The standard InChI is InChI=1S/C12H20N2O/c1-4-12(3,15)9-14-10(2)11-7-5-6-8-13-11/h5-8,10,14-15H,4,9H2,1-3H3/t10-,12?/m1/s1. The number of aromatic nitrogens is 1. The van der Waals surface area contributed by atoms with Gasteiger partial charge in [-0.2, -0.15) is 0 Å². The molecule has 0 saturated carbocycles. The molecule has 0 saturated heterocycles. The van der Waals surface area contributed by atoms with Crippen molar-refractivity contribution in [3.8, 4) is 0 Å². The molecular formula is C12H20N2O. The van der Waals surface area contributed by atoms with Crippen molar-refractivity contribution in [3.05, 3.63) is 30.1 Å². The number of nitrogens with zero attached hydrogens (tertiary/aromatic N) is 1. The summed E-state index contributed by atoms with van der Waals surface area (Å²) in [6.45, 7) is 6.45. The molecule has 1 unspecified atom stereocenters. The highest BCUT2D eigenvalue weighted by Crippen LogP contribution is 2.11. The zero-order valence-electron chi connectivity index (χ0n) is 9.70. The summed E-state index contributed by atoms with van der Waals surface area (Å²) in [6.07, 6.45) is 2.53. The Morgan fingerprint density at radius 3 is 2.80 bits per heavy atom. The summed E-state index contributed by atoms with van der Waals surface area (Å²) < 4.78 is 0. The Balaban J connectivity index is 2.47. The largest absolute Gasteiger partial charge is 0.389 e. The zero-order chi connectivity index (χ0) is 11.3. The minimum atomic E-state index is -0.636. The van der Waals surface area contributed by atoms with Crippen LogP contribution >= 0.6 is 0 Å². The molecule has 1 aromatic rings. The maximum Gasteiger partial charge on any atom is 0.0741 e. The molecule has 0 amide bonds. The fraction of sp³-hybridized carbons (Fsp3) is 0.583. The molecule has 3 nitrogen and oxygen atoms in total. The monoisotopic (exact) mass is 208 g/mol. The van der Waals surface area contributed by atoms with Gasteiger partial charge in [-0.15, -0.1) is 0 Å². The molecule has 1 rings (SSSR count). The highest BCUT2D eigenvalue weighted by atomic mass is 16.3. The van der Waals surface area contributed by atoms with Crippen LogP contribution in [0, 0.1) is 0 Å². The Labute approximate surface area is 91.5 Å². The summed E-state index contributed by atoms with van der Waals surface area (Å²) in [7, 11) is 0. The summed E-state index contributed by atoms with van der Waals surface area (Å²) in [5.74, 6) is 0. The van der Waals surface area contributed by atoms with E-state index >= 15 is 0 Å². The Morgan fingerprint density at radius 1 is 1.53 bits per heavy atom. The summed E-state index contributed by atoms with van der Waals surface area (Å²) in [6, 6.07) is 6.03. The molecule has 2 atom stereocenters. The van der Waals surface area contributed by atoms with Crippen molar-refractivity contribution in [3.63, 3.8) is 0 Å². The van der Waals surface area contributed by atoms with E-state index in [4.69, 9.17) is 0 Å². The number of pyridine rings is 1. The van der Waals surface area contributed by atoms with Crippen LogP contribution in [0.25, 0.3) is 0 Å². The fourth-order valence-electron chi connectivity index (χ4n) is 1.23. The van der Waals surface area contributed by atoms with Crippen molar-refractivity contribution in [1.29, 1.82) is 0 Å². The van der Waals surface area contributed by atoms with Crippen LogP contribution < -0.4 is 5.32 Å². The van der Waals surface area contributed by atoms with Gasteiger partial charge in [0, 0.05) is 18.8 Å². The summed E-state index contributed by atoms with van der Waals surface area (Å²) in [4.78, 5) is 4.26. The number of nitrogens with one attached hydrogen (secondary N) is 1. The second kappa shape index (κ2) is 5.24. The first-order valence-electron chi connectivity index (χ1n) is 5.42. The lowest BCUT2D eigenvalue weighted by atomic mass is 10.0. The van der Waals surface area contributed by atoms with Crippen LogP contribution in [0.1, 0.15) is 38.9 Å². The first-order valence-corrected chi connectivity index (χ1v) is 5.42. The molecule has 15 heavy (non-hydrogen) atoms. The van der Waals surface area contributed by atoms with Crippen molar-refractivity contribution in [1.82, 2.24) is 10.3 Å². The van der Waals surface area contributed by atoms with E-state index in [2.05, 4.69) is 10.3 Å². The van der Waals surface area contributed by atoms with E-state index in [1.807, 2.05) is 39.0 Å². The van der Waals surface area contributed by atoms with Gasteiger partial charge < -0.3 is 10.4 Å². The number of aliphatic hydroxyl groups is 1. The van der Waals surface area contributed by atoms with Gasteiger partial charge in [-0.25, -0.2) is 0 Å². The van der Waals surface area contributed by atoms with Gasteiger partial charge in [-0.3, -0.25) is 4.98 Å².